The molecule has 0 radical (unpaired) electrons. The van der Waals surface area contributed by atoms with Crippen LogP contribution < -0.4 is 4.74 Å². The fourth-order valence-corrected chi connectivity index (χ4v) is 4.88. The van der Waals surface area contributed by atoms with Gasteiger partial charge in [-0.1, -0.05) is 36.4 Å². The van der Waals surface area contributed by atoms with Crippen LogP contribution in [0.15, 0.2) is 42.5 Å². The van der Waals surface area contributed by atoms with Gasteiger partial charge in [-0.2, -0.15) is 0 Å². The van der Waals surface area contributed by atoms with Crippen molar-refractivity contribution < 1.29 is 9.53 Å². The highest BCUT2D eigenvalue weighted by atomic mass is 16.5. The SMILES string of the molecule is COc1ccc(C2CC(=O)CC3CN(Cc4ccccc4)CCN32)c(C)c1C. The zero-order chi connectivity index (χ0) is 19.7. The van der Waals surface area contributed by atoms with Crippen molar-refractivity contribution in [2.24, 2.45) is 0 Å². The highest BCUT2D eigenvalue weighted by Gasteiger charge is 2.39. The fraction of sp³-hybridized carbons (Fsp3) is 0.458. The topological polar surface area (TPSA) is 32.8 Å². The maximum atomic E-state index is 12.6. The molecular formula is C24H30N2O2. The number of nitrogens with zero attached hydrogens (tertiary/aromatic N) is 2. The van der Waals surface area contributed by atoms with Gasteiger partial charge in [0.05, 0.1) is 7.11 Å². The average molecular weight is 379 g/mol. The third kappa shape index (κ3) is 3.71. The van der Waals surface area contributed by atoms with E-state index in [9.17, 15) is 4.79 Å². The van der Waals surface area contributed by atoms with Gasteiger partial charge in [-0.05, 0) is 42.2 Å². The molecule has 2 aliphatic heterocycles. The van der Waals surface area contributed by atoms with E-state index in [4.69, 9.17) is 4.74 Å². The number of carbonyl (C=O) groups is 1. The first-order valence-corrected chi connectivity index (χ1v) is 10.2. The Kier molecular flexibility index (Phi) is 5.51. The van der Waals surface area contributed by atoms with Crippen molar-refractivity contribution in [1.82, 2.24) is 9.80 Å². The van der Waals surface area contributed by atoms with Crippen LogP contribution in [0.4, 0.5) is 0 Å². The minimum atomic E-state index is 0.190. The summed E-state index contributed by atoms with van der Waals surface area (Å²) >= 11 is 0. The van der Waals surface area contributed by atoms with E-state index in [1.165, 1.54) is 22.3 Å². The number of hydrogen-bond acceptors (Lipinski definition) is 4. The maximum Gasteiger partial charge on any atom is 0.136 e. The van der Waals surface area contributed by atoms with Crippen molar-refractivity contribution >= 4 is 5.78 Å². The van der Waals surface area contributed by atoms with Crippen LogP contribution in [0.3, 0.4) is 0 Å². The number of hydrogen-bond donors (Lipinski definition) is 0. The van der Waals surface area contributed by atoms with Crippen LogP contribution in [0.25, 0.3) is 0 Å². The minimum absolute atomic E-state index is 0.190. The first-order valence-electron chi connectivity index (χ1n) is 10.2. The number of carbonyl (C=O) groups excluding carboxylic acids is 1. The number of Topliss-reactive ketones (excluding diaryl/α,β-unsaturated/α-hetero) is 1. The highest BCUT2D eigenvalue weighted by molar-refractivity contribution is 5.81. The number of benzene rings is 2. The van der Waals surface area contributed by atoms with E-state index >= 15 is 0 Å². The summed E-state index contributed by atoms with van der Waals surface area (Å²) in [4.78, 5) is 17.7. The molecule has 0 amide bonds. The second-order valence-electron chi connectivity index (χ2n) is 8.18. The predicted molar refractivity (Wildman–Crippen MR) is 112 cm³/mol. The molecular weight excluding hydrogens is 348 g/mol. The largest absolute Gasteiger partial charge is 0.496 e. The summed E-state index contributed by atoms with van der Waals surface area (Å²) in [6.45, 7) is 8.25. The number of ether oxygens (including phenoxy) is 1. The molecule has 4 nitrogen and oxygen atoms in total. The van der Waals surface area contributed by atoms with E-state index in [0.29, 0.717) is 24.7 Å². The molecule has 4 rings (SSSR count). The summed E-state index contributed by atoms with van der Waals surface area (Å²) in [7, 11) is 1.72. The lowest BCUT2D eigenvalue weighted by Crippen LogP contribution is -2.57. The number of fused-ring (bicyclic) bond motifs is 1. The monoisotopic (exact) mass is 378 g/mol. The zero-order valence-corrected chi connectivity index (χ0v) is 17.1. The number of piperidine rings is 1. The van der Waals surface area contributed by atoms with E-state index in [0.717, 1.165) is 31.9 Å². The third-order valence-electron chi connectivity index (χ3n) is 6.50. The summed E-state index contributed by atoms with van der Waals surface area (Å²) in [5, 5.41) is 0. The van der Waals surface area contributed by atoms with Crippen molar-refractivity contribution in [1.29, 1.82) is 0 Å². The zero-order valence-electron chi connectivity index (χ0n) is 17.1. The molecule has 0 N–H and O–H groups in total. The Morgan fingerprint density at radius 3 is 2.54 bits per heavy atom. The lowest BCUT2D eigenvalue weighted by atomic mass is 9.85. The molecule has 2 aromatic carbocycles. The molecule has 2 saturated heterocycles. The Balaban J connectivity index is 1.54. The van der Waals surface area contributed by atoms with Gasteiger partial charge in [0.2, 0.25) is 0 Å². The van der Waals surface area contributed by atoms with E-state index in [2.05, 4.69) is 66.1 Å². The smallest absolute Gasteiger partial charge is 0.136 e. The van der Waals surface area contributed by atoms with Crippen molar-refractivity contribution in [3.63, 3.8) is 0 Å². The van der Waals surface area contributed by atoms with Crippen molar-refractivity contribution in [2.75, 3.05) is 26.7 Å². The summed E-state index contributed by atoms with van der Waals surface area (Å²) in [6, 6.07) is 15.3. The predicted octanol–water partition coefficient (Wildman–Crippen LogP) is 3.90. The molecule has 2 aliphatic rings. The van der Waals surface area contributed by atoms with E-state index in [1.54, 1.807) is 7.11 Å². The highest BCUT2D eigenvalue weighted by Crippen LogP contribution is 2.38. The molecule has 4 heteroatoms. The van der Waals surface area contributed by atoms with Crippen LogP contribution in [-0.4, -0.2) is 48.4 Å². The maximum absolute atomic E-state index is 12.6. The van der Waals surface area contributed by atoms with Gasteiger partial charge in [0.25, 0.3) is 0 Å². The second kappa shape index (κ2) is 8.06. The van der Waals surface area contributed by atoms with E-state index in [1.807, 2.05) is 0 Å². The van der Waals surface area contributed by atoms with Gasteiger partial charge in [0.15, 0.2) is 0 Å². The average Bonchev–Trinajstić information content (AvgIpc) is 2.70. The number of methoxy groups -OCH3 is 1. The fourth-order valence-electron chi connectivity index (χ4n) is 4.88. The molecule has 2 heterocycles. The summed E-state index contributed by atoms with van der Waals surface area (Å²) in [5.41, 5.74) is 5.06. The van der Waals surface area contributed by atoms with Crippen LogP contribution in [0.2, 0.25) is 0 Å². The Bertz CT molecular complexity index is 849. The van der Waals surface area contributed by atoms with Gasteiger partial charge in [0, 0.05) is 51.1 Å². The quantitative estimate of drug-likeness (QED) is 0.808. The third-order valence-corrected chi connectivity index (χ3v) is 6.50. The molecule has 0 spiro atoms. The molecule has 0 saturated carbocycles. The molecule has 2 atom stereocenters. The first kappa shape index (κ1) is 19.2. The van der Waals surface area contributed by atoms with E-state index in [-0.39, 0.29) is 6.04 Å². The van der Waals surface area contributed by atoms with Crippen LogP contribution in [-0.2, 0) is 11.3 Å². The Morgan fingerprint density at radius 1 is 1.00 bits per heavy atom. The van der Waals surface area contributed by atoms with Crippen molar-refractivity contribution in [2.45, 2.75) is 45.3 Å². The molecule has 0 aliphatic carbocycles. The first-order chi connectivity index (χ1) is 13.6. The minimum Gasteiger partial charge on any atom is -0.496 e. The summed E-state index contributed by atoms with van der Waals surface area (Å²) in [5.74, 6) is 1.31. The lowest BCUT2D eigenvalue weighted by molar-refractivity contribution is -0.127. The van der Waals surface area contributed by atoms with Gasteiger partial charge < -0.3 is 4.74 Å². The number of rotatable bonds is 4. The van der Waals surface area contributed by atoms with Gasteiger partial charge in [-0.3, -0.25) is 14.6 Å². The molecule has 2 aromatic rings. The van der Waals surface area contributed by atoms with Gasteiger partial charge in [0.1, 0.15) is 11.5 Å². The van der Waals surface area contributed by atoms with Gasteiger partial charge in [-0.15, -0.1) is 0 Å². The summed E-state index contributed by atoms with van der Waals surface area (Å²) < 4.78 is 5.48. The van der Waals surface area contributed by atoms with Crippen LogP contribution in [0.1, 0.15) is 41.1 Å². The second-order valence-corrected chi connectivity index (χ2v) is 8.18. The Morgan fingerprint density at radius 2 is 1.79 bits per heavy atom. The molecule has 148 valence electrons. The van der Waals surface area contributed by atoms with Crippen LogP contribution in [0.5, 0.6) is 5.75 Å². The standard InChI is InChI=1S/C24H30N2O2/c1-17-18(2)24(28-3)10-9-22(17)23-14-21(27)13-20-16-25(11-12-26(20)23)15-19-7-5-4-6-8-19/h4-10,20,23H,11-16H2,1-3H3. The number of ketones is 1. The molecule has 2 unspecified atom stereocenters. The lowest BCUT2D eigenvalue weighted by Gasteiger charge is -2.48. The van der Waals surface area contributed by atoms with Crippen LogP contribution in [0, 0.1) is 13.8 Å². The molecule has 0 bridgehead atoms. The van der Waals surface area contributed by atoms with Crippen LogP contribution >= 0.6 is 0 Å². The Hall–Kier alpha value is -2.17. The van der Waals surface area contributed by atoms with Gasteiger partial charge >= 0.3 is 0 Å². The summed E-state index contributed by atoms with van der Waals surface area (Å²) in [6.07, 6.45) is 1.30. The van der Waals surface area contributed by atoms with Crippen molar-refractivity contribution in [3.8, 4) is 5.75 Å². The normalized spacial score (nSPS) is 23.5. The molecule has 0 aromatic heterocycles. The van der Waals surface area contributed by atoms with Gasteiger partial charge in [-0.25, -0.2) is 0 Å². The van der Waals surface area contributed by atoms with E-state index < -0.39 is 0 Å². The molecule has 2 fully saturated rings. The Labute approximate surface area is 168 Å². The number of piperazine rings is 1. The molecule has 28 heavy (non-hydrogen) atoms. The van der Waals surface area contributed by atoms with Crippen molar-refractivity contribution in [3.05, 3.63) is 64.7 Å².